The van der Waals surface area contributed by atoms with Crippen molar-refractivity contribution in [1.29, 1.82) is 0 Å². The molecule has 14 heavy (non-hydrogen) atoms. The summed E-state index contributed by atoms with van der Waals surface area (Å²) in [7, 11) is 0. The van der Waals surface area contributed by atoms with Crippen molar-refractivity contribution in [3.8, 4) is 5.75 Å². The number of nitro benzene ring substituents is 1. The molecule has 0 radical (unpaired) electrons. The van der Waals surface area contributed by atoms with E-state index in [0.717, 1.165) is 0 Å². The third kappa shape index (κ3) is 1.44. The van der Waals surface area contributed by atoms with Crippen LogP contribution in [-0.4, -0.2) is 16.3 Å². The quantitative estimate of drug-likeness (QED) is 0.442. The lowest BCUT2D eigenvalue weighted by atomic mass is 10.0. The van der Waals surface area contributed by atoms with Crippen LogP contribution in [0.5, 0.6) is 5.75 Å². The standard InChI is InChI=1S/C9H9NO4/c1-5-3-7(4-11)9(12)8(6(5)2)10(13)14/h3-4,12H,1-2H3. The van der Waals surface area contributed by atoms with Crippen LogP contribution in [-0.2, 0) is 0 Å². The van der Waals surface area contributed by atoms with Crippen LogP contribution in [0.15, 0.2) is 6.07 Å². The molecule has 1 aromatic carbocycles. The Bertz CT molecular complexity index is 412. The van der Waals surface area contributed by atoms with E-state index in [9.17, 15) is 20.0 Å². The molecular weight excluding hydrogens is 186 g/mol. The summed E-state index contributed by atoms with van der Waals surface area (Å²) in [6.07, 6.45) is 0.398. The predicted octanol–water partition coefficient (Wildman–Crippen LogP) is 1.73. The number of phenols is 1. The molecule has 0 atom stereocenters. The number of aryl methyl sites for hydroxylation is 1. The fraction of sp³-hybridized carbons (Fsp3) is 0.222. The fourth-order valence-corrected chi connectivity index (χ4v) is 1.22. The van der Waals surface area contributed by atoms with Crippen LogP contribution < -0.4 is 0 Å². The first-order valence-electron chi connectivity index (χ1n) is 3.91. The van der Waals surface area contributed by atoms with E-state index in [1.54, 1.807) is 6.92 Å². The number of phenolic OH excluding ortho intramolecular Hbond substituents is 1. The molecule has 0 aliphatic heterocycles. The minimum absolute atomic E-state index is 0.0557. The van der Waals surface area contributed by atoms with Gasteiger partial charge >= 0.3 is 5.69 Å². The van der Waals surface area contributed by atoms with Crippen LogP contribution >= 0.6 is 0 Å². The number of nitro groups is 1. The number of rotatable bonds is 2. The van der Waals surface area contributed by atoms with Crippen LogP contribution in [0.25, 0.3) is 0 Å². The first-order chi connectivity index (χ1) is 6.49. The molecule has 0 aliphatic rings. The molecule has 1 aromatic rings. The summed E-state index contributed by atoms with van der Waals surface area (Å²) in [4.78, 5) is 20.4. The Labute approximate surface area is 80.1 Å². The van der Waals surface area contributed by atoms with Gasteiger partial charge in [-0.1, -0.05) is 0 Å². The molecule has 1 N–H and O–H groups in total. The lowest BCUT2D eigenvalue weighted by Gasteiger charge is -2.05. The van der Waals surface area contributed by atoms with Gasteiger partial charge in [-0.2, -0.15) is 0 Å². The second-order valence-electron chi connectivity index (χ2n) is 2.98. The molecule has 0 saturated carbocycles. The molecule has 0 amide bonds. The van der Waals surface area contributed by atoms with Gasteiger partial charge in [-0.05, 0) is 25.5 Å². The Morgan fingerprint density at radius 3 is 2.50 bits per heavy atom. The molecule has 74 valence electrons. The van der Waals surface area contributed by atoms with Gasteiger partial charge in [0.1, 0.15) is 0 Å². The highest BCUT2D eigenvalue weighted by atomic mass is 16.6. The average Bonchev–Trinajstić information content (AvgIpc) is 2.11. The monoisotopic (exact) mass is 195 g/mol. The third-order valence-electron chi connectivity index (χ3n) is 2.13. The van der Waals surface area contributed by atoms with Crippen LogP contribution in [0.3, 0.4) is 0 Å². The number of carbonyl (C=O) groups is 1. The number of carbonyl (C=O) groups excluding carboxylic acids is 1. The van der Waals surface area contributed by atoms with E-state index in [1.807, 2.05) is 0 Å². The number of hydrogen-bond donors (Lipinski definition) is 1. The molecule has 1 rings (SSSR count). The van der Waals surface area contributed by atoms with Crippen molar-refractivity contribution in [2.24, 2.45) is 0 Å². The molecule has 5 nitrogen and oxygen atoms in total. The van der Waals surface area contributed by atoms with Gasteiger partial charge in [0.05, 0.1) is 10.5 Å². The van der Waals surface area contributed by atoms with Gasteiger partial charge in [0.25, 0.3) is 0 Å². The molecule has 0 unspecified atom stereocenters. The summed E-state index contributed by atoms with van der Waals surface area (Å²) in [5.74, 6) is -0.562. The van der Waals surface area contributed by atoms with Crippen molar-refractivity contribution in [2.45, 2.75) is 13.8 Å². The number of aldehydes is 1. The Hall–Kier alpha value is -1.91. The summed E-state index contributed by atoms with van der Waals surface area (Å²) < 4.78 is 0. The van der Waals surface area contributed by atoms with Crippen molar-refractivity contribution in [1.82, 2.24) is 0 Å². The lowest BCUT2D eigenvalue weighted by molar-refractivity contribution is -0.386. The van der Waals surface area contributed by atoms with Crippen molar-refractivity contribution < 1.29 is 14.8 Å². The smallest absolute Gasteiger partial charge is 0.314 e. The highest BCUT2D eigenvalue weighted by molar-refractivity contribution is 5.83. The summed E-state index contributed by atoms with van der Waals surface area (Å²) in [5.41, 5.74) is 0.529. The van der Waals surface area contributed by atoms with Crippen LogP contribution in [0.4, 0.5) is 5.69 Å². The van der Waals surface area contributed by atoms with E-state index in [2.05, 4.69) is 0 Å². The topological polar surface area (TPSA) is 80.4 Å². The van der Waals surface area contributed by atoms with Crippen molar-refractivity contribution in [3.63, 3.8) is 0 Å². The Morgan fingerprint density at radius 2 is 2.07 bits per heavy atom. The summed E-state index contributed by atoms with van der Waals surface area (Å²) in [6, 6.07) is 1.42. The van der Waals surface area contributed by atoms with Crippen LogP contribution in [0, 0.1) is 24.0 Å². The zero-order chi connectivity index (χ0) is 10.9. The number of hydrogen-bond acceptors (Lipinski definition) is 4. The minimum atomic E-state index is -0.690. The third-order valence-corrected chi connectivity index (χ3v) is 2.13. The molecule has 0 fully saturated rings. The zero-order valence-electron chi connectivity index (χ0n) is 7.77. The van der Waals surface area contributed by atoms with Gasteiger partial charge < -0.3 is 5.11 Å². The fourth-order valence-electron chi connectivity index (χ4n) is 1.22. The molecule has 0 spiro atoms. The van der Waals surface area contributed by atoms with E-state index < -0.39 is 16.4 Å². The van der Waals surface area contributed by atoms with Gasteiger partial charge in [-0.25, -0.2) is 0 Å². The number of nitrogens with zero attached hydrogens (tertiary/aromatic N) is 1. The largest absolute Gasteiger partial charge is 0.502 e. The van der Waals surface area contributed by atoms with E-state index >= 15 is 0 Å². The molecule has 0 saturated heterocycles. The van der Waals surface area contributed by atoms with E-state index in [-0.39, 0.29) is 5.56 Å². The lowest BCUT2D eigenvalue weighted by Crippen LogP contribution is -1.97. The molecule has 0 aliphatic carbocycles. The highest BCUT2D eigenvalue weighted by Crippen LogP contribution is 2.34. The van der Waals surface area contributed by atoms with Gasteiger partial charge in [-0.15, -0.1) is 0 Å². The maximum Gasteiger partial charge on any atom is 0.314 e. The molecule has 0 heterocycles. The molecule has 5 heteroatoms. The zero-order valence-corrected chi connectivity index (χ0v) is 7.77. The summed E-state index contributed by atoms with van der Waals surface area (Å²) >= 11 is 0. The Kier molecular flexibility index (Phi) is 2.51. The average molecular weight is 195 g/mol. The second-order valence-corrected chi connectivity index (χ2v) is 2.98. The van der Waals surface area contributed by atoms with Gasteiger partial charge in [-0.3, -0.25) is 14.9 Å². The van der Waals surface area contributed by atoms with E-state index in [4.69, 9.17) is 0 Å². The number of aromatic hydroxyl groups is 1. The summed E-state index contributed by atoms with van der Waals surface area (Å²) in [5, 5.41) is 20.0. The van der Waals surface area contributed by atoms with Crippen molar-refractivity contribution in [3.05, 3.63) is 32.9 Å². The SMILES string of the molecule is Cc1cc(C=O)c(O)c([N+](=O)[O-])c1C. The van der Waals surface area contributed by atoms with Gasteiger partial charge in [0.2, 0.25) is 5.75 Å². The maximum absolute atomic E-state index is 10.6. The minimum Gasteiger partial charge on any atom is -0.502 e. The Balaban J connectivity index is 3.61. The normalized spacial score (nSPS) is 9.86. The van der Waals surface area contributed by atoms with Crippen LogP contribution in [0.1, 0.15) is 21.5 Å². The van der Waals surface area contributed by atoms with E-state index in [1.165, 1.54) is 13.0 Å². The maximum atomic E-state index is 10.6. The second kappa shape index (κ2) is 3.45. The molecular formula is C9H9NO4. The highest BCUT2D eigenvalue weighted by Gasteiger charge is 2.22. The van der Waals surface area contributed by atoms with Crippen molar-refractivity contribution >= 4 is 12.0 Å². The Morgan fingerprint density at radius 1 is 1.50 bits per heavy atom. The first kappa shape index (κ1) is 10.2. The molecule has 0 aromatic heterocycles. The number of benzene rings is 1. The van der Waals surface area contributed by atoms with E-state index in [0.29, 0.717) is 17.4 Å². The summed E-state index contributed by atoms with van der Waals surface area (Å²) in [6.45, 7) is 3.18. The van der Waals surface area contributed by atoms with Gasteiger partial charge in [0, 0.05) is 5.56 Å². The molecule has 0 bridgehead atoms. The predicted molar refractivity (Wildman–Crippen MR) is 49.6 cm³/mol. The van der Waals surface area contributed by atoms with Gasteiger partial charge in [0.15, 0.2) is 6.29 Å². The first-order valence-corrected chi connectivity index (χ1v) is 3.91. The van der Waals surface area contributed by atoms with Crippen LogP contribution in [0.2, 0.25) is 0 Å². The van der Waals surface area contributed by atoms with Crippen molar-refractivity contribution in [2.75, 3.05) is 0 Å².